The SMILES string of the molecule is Cc1cc(-n2cncn2)ccc1C(=O)N1CCCC[C@@H]1c1nnc(CN(C)C)o1. The average Bonchev–Trinajstić information content (AvgIpc) is 3.39. The number of carbonyl (C=O) groups is 1. The number of amides is 1. The van der Waals surface area contributed by atoms with Crippen LogP contribution >= 0.6 is 0 Å². The van der Waals surface area contributed by atoms with E-state index in [4.69, 9.17) is 4.42 Å². The molecule has 0 radical (unpaired) electrons. The average molecular weight is 395 g/mol. The number of likely N-dealkylation sites (tertiary alicyclic amines) is 1. The molecule has 3 aromatic rings. The summed E-state index contributed by atoms with van der Waals surface area (Å²) in [5, 5.41) is 12.5. The molecule has 0 unspecified atom stereocenters. The van der Waals surface area contributed by atoms with Gasteiger partial charge in [-0.3, -0.25) is 4.79 Å². The van der Waals surface area contributed by atoms with Gasteiger partial charge in [0.15, 0.2) is 0 Å². The molecule has 1 aliphatic heterocycles. The lowest BCUT2D eigenvalue weighted by molar-refractivity contribution is 0.0568. The van der Waals surface area contributed by atoms with Crippen LogP contribution in [0.1, 0.15) is 53.0 Å². The normalized spacial score (nSPS) is 17.1. The van der Waals surface area contributed by atoms with Crippen molar-refractivity contribution in [1.82, 2.24) is 34.8 Å². The maximum Gasteiger partial charge on any atom is 0.254 e. The van der Waals surface area contributed by atoms with Crippen molar-refractivity contribution in [3.8, 4) is 5.69 Å². The topological polar surface area (TPSA) is 93.2 Å². The van der Waals surface area contributed by atoms with Crippen molar-refractivity contribution < 1.29 is 9.21 Å². The Labute approximate surface area is 169 Å². The van der Waals surface area contributed by atoms with E-state index in [1.54, 1.807) is 11.0 Å². The molecule has 152 valence electrons. The van der Waals surface area contributed by atoms with Crippen molar-refractivity contribution in [1.29, 1.82) is 0 Å². The van der Waals surface area contributed by atoms with Crippen LogP contribution in [0.2, 0.25) is 0 Å². The predicted molar refractivity (Wildman–Crippen MR) is 105 cm³/mol. The fourth-order valence-electron chi connectivity index (χ4n) is 3.69. The van der Waals surface area contributed by atoms with Crippen molar-refractivity contribution >= 4 is 5.91 Å². The van der Waals surface area contributed by atoms with Crippen LogP contribution in [-0.2, 0) is 6.54 Å². The smallest absolute Gasteiger partial charge is 0.254 e. The van der Waals surface area contributed by atoms with E-state index in [0.717, 1.165) is 30.5 Å². The van der Waals surface area contributed by atoms with Gasteiger partial charge in [0.05, 0.1) is 12.2 Å². The van der Waals surface area contributed by atoms with Crippen molar-refractivity contribution in [3.63, 3.8) is 0 Å². The van der Waals surface area contributed by atoms with E-state index in [2.05, 4.69) is 20.3 Å². The molecule has 1 aromatic carbocycles. The highest BCUT2D eigenvalue weighted by Crippen LogP contribution is 2.32. The Kier molecular flexibility index (Phi) is 5.39. The summed E-state index contributed by atoms with van der Waals surface area (Å²) < 4.78 is 7.55. The van der Waals surface area contributed by atoms with Gasteiger partial charge in [-0.1, -0.05) is 0 Å². The maximum atomic E-state index is 13.4. The second-order valence-electron chi connectivity index (χ2n) is 7.62. The highest BCUT2D eigenvalue weighted by atomic mass is 16.4. The molecule has 3 heterocycles. The number of hydrogen-bond acceptors (Lipinski definition) is 7. The van der Waals surface area contributed by atoms with Crippen LogP contribution in [0, 0.1) is 6.92 Å². The van der Waals surface area contributed by atoms with Crippen LogP contribution in [-0.4, -0.2) is 61.3 Å². The molecular weight excluding hydrogens is 370 g/mol. The molecule has 9 nitrogen and oxygen atoms in total. The zero-order valence-corrected chi connectivity index (χ0v) is 16.9. The van der Waals surface area contributed by atoms with Gasteiger partial charge >= 0.3 is 0 Å². The van der Waals surface area contributed by atoms with Crippen molar-refractivity contribution in [2.24, 2.45) is 0 Å². The number of rotatable bonds is 5. The molecule has 0 saturated carbocycles. The summed E-state index contributed by atoms with van der Waals surface area (Å²) >= 11 is 0. The van der Waals surface area contributed by atoms with E-state index in [1.807, 2.05) is 49.0 Å². The lowest BCUT2D eigenvalue weighted by atomic mass is 9.99. The molecule has 1 amide bonds. The minimum atomic E-state index is -0.186. The van der Waals surface area contributed by atoms with Gasteiger partial charge in [0, 0.05) is 12.1 Å². The largest absolute Gasteiger partial charge is 0.422 e. The zero-order valence-electron chi connectivity index (χ0n) is 16.9. The third-order valence-electron chi connectivity index (χ3n) is 5.11. The van der Waals surface area contributed by atoms with Gasteiger partial charge in [0.1, 0.15) is 18.7 Å². The van der Waals surface area contributed by atoms with Gasteiger partial charge in [-0.15, -0.1) is 10.2 Å². The molecule has 1 aliphatic rings. The first-order valence-electron chi connectivity index (χ1n) is 9.76. The van der Waals surface area contributed by atoms with Crippen LogP contribution in [0.4, 0.5) is 0 Å². The third kappa shape index (κ3) is 4.04. The number of carbonyl (C=O) groups excluding carboxylic acids is 1. The fraction of sp³-hybridized carbons (Fsp3) is 0.450. The molecular formula is C20H25N7O2. The monoisotopic (exact) mass is 395 g/mol. The van der Waals surface area contributed by atoms with Crippen LogP contribution in [0.5, 0.6) is 0 Å². The van der Waals surface area contributed by atoms with Crippen LogP contribution in [0.15, 0.2) is 35.3 Å². The van der Waals surface area contributed by atoms with E-state index < -0.39 is 0 Å². The molecule has 0 bridgehead atoms. The number of hydrogen-bond donors (Lipinski definition) is 0. The number of nitrogens with zero attached hydrogens (tertiary/aromatic N) is 7. The second kappa shape index (κ2) is 8.12. The maximum absolute atomic E-state index is 13.4. The van der Waals surface area contributed by atoms with Gasteiger partial charge in [0.25, 0.3) is 5.91 Å². The summed E-state index contributed by atoms with van der Waals surface area (Å²) in [7, 11) is 3.90. The van der Waals surface area contributed by atoms with Crippen LogP contribution < -0.4 is 0 Å². The second-order valence-corrected chi connectivity index (χ2v) is 7.62. The molecule has 1 fully saturated rings. The number of aromatic nitrogens is 5. The van der Waals surface area contributed by atoms with E-state index in [-0.39, 0.29) is 11.9 Å². The van der Waals surface area contributed by atoms with E-state index in [0.29, 0.717) is 30.4 Å². The summed E-state index contributed by atoms with van der Waals surface area (Å²) in [6.45, 7) is 3.20. The zero-order chi connectivity index (χ0) is 20.4. The van der Waals surface area contributed by atoms with Crippen molar-refractivity contribution in [2.75, 3.05) is 20.6 Å². The lowest BCUT2D eigenvalue weighted by Gasteiger charge is -2.34. The van der Waals surface area contributed by atoms with Crippen LogP contribution in [0.3, 0.4) is 0 Å². The highest BCUT2D eigenvalue weighted by Gasteiger charge is 2.33. The molecule has 0 spiro atoms. The third-order valence-corrected chi connectivity index (χ3v) is 5.11. The summed E-state index contributed by atoms with van der Waals surface area (Å²) in [6.07, 6.45) is 5.95. The summed E-state index contributed by atoms with van der Waals surface area (Å²) in [5.74, 6) is 1.08. The summed E-state index contributed by atoms with van der Waals surface area (Å²) in [4.78, 5) is 21.2. The quantitative estimate of drug-likeness (QED) is 0.655. The highest BCUT2D eigenvalue weighted by molar-refractivity contribution is 5.96. The van der Waals surface area contributed by atoms with Crippen LogP contribution in [0.25, 0.3) is 5.69 Å². The standard InChI is InChI=1S/C20H25N7O2/c1-14-10-15(27-13-21-12-22-27)7-8-16(14)20(28)26-9-5-4-6-17(26)19-24-23-18(29-19)11-25(2)3/h7-8,10,12-13,17H,4-6,9,11H2,1-3H3/t17-/m1/s1. The molecule has 1 atom stereocenters. The van der Waals surface area contributed by atoms with E-state index in [1.165, 1.54) is 6.33 Å². The Hall–Kier alpha value is -3.07. The molecule has 2 aromatic heterocycles. The molecule has 9 heteroatoms. The molecule has 29 heavy (non-hydrogen) atoms. The van der Waals surface area contributed by atoms with Gasteiger partial charge in [-0.25, -0.2) is 9.67 Å². The van der Waals surface area contributed by atoms with Gasteiger partial charge in [-0.2, -0.15) is 5.10 Å². The van der Waals surface area contributed by atoms with Gasteiger partial charge in [0.2, 0.25) is 11.8 Å². The van der Waals surface area contributed by atoms with Gasteiger partial charge < -0.3 is 14.2 Å². The predicted octanol–water partition coefficient (Wildman–Crippen LogP) is 2.39. The van der Waals surface area contributed by atoms with E-state index >= 15 is 0 Å². The Morgan fingerprint density at radius 1 is 1.28 bits per heavy atom. The fourth-order valence-corrected chi connectivity index (χ4v) is 3.69. The first kappa shape index (κ1) is 19.3. The molecule has 4 rings (SSSR count). The minimum absolute atomic E-state index is 0.00954. The van der Waals surface area contributed by atoms with Crippen molar-refractivity contribution in [2.45, 2.75) is 38.8 Å². The number of aryl methyl sites for hydroxylation is 1. The lowest BCUT2D eigenvalue weighted by Crippen LogP contribution is -2.39. The Morgan fingerprint density at radius 2 is 2.14 bits per heavy atom. The number of benzene rings is 1. The molecule has 0 aliphatic carbocycles. The van der Waals surface area contributed by atoms with Gasteiger partial charge in [-0.05, 0) is 64.0 Å². The summed E-state index contributed by atoms with van der Waals surface area (Å²) in [6, 6.07) is 5.50. The Bertz CT molecular complexity index is 981. The molecule has 1 saturated heterocycles. The van der Waals surface area contributed by atoms with E-state index in [9.17, 15) is 4.79 Å². The first-order chi connectivity index (χ1) is 14.0. The molecule has 0 N–H and O–H groups in total. The Balaban J connectivity index is 1.58. The number of piperidine rings is 1. The summed E-state index contributed by atoms with van der Waals surface area (Å²) in [5.41, 5.74) is 2.44. The first-order valence-corrected chi connectivity index (χ1v) is 9.76. The minimum Gasteiger partial charge on any atom is -0.422 e. The Morgan fingerprint density at radius 3 is 2.86 bits per heavy atom. The van der Waals surface area contributed by atoms with Crippen molar-refractivity contribution in [3.05, 3.63) is 53.8 Å².